The highest BCUT2D eigenvalue weighted by atomic mass is 19.1. The number of benzene rings is 1. The second kappa shape index (κ2) is 3.37. The van der Waals surface area contributed by atoms with Crippen LogP contribution in [-0.4, -0.2) is 4.98 Å². The van der Waals surface area contributed by atoms with Gasteiger partial charge in [0.05, 0.1) is 0 Å². The molecule has 0 radical (unpaired) electrons. The van der Waals surface area contributed by atoms with E-state index in [1.54, 1.807) is 25.4 Å². The summed E-state index contributed by atoms with van der Waals surface area (Å²) in [4.78, 5) is 4.09. The van der Waals surface area contributed by atoms with Gasteiger partial charge in [0.2, 0.25) is 0 Å². The van der Waals surface area contributed by atoms with Crippen molar-refractivity contribution in [1.29, 1.82) is 0 Å². The summed E-state index contributed by atoms with van der Waals surface area (Å²) >= 11 is 0. The molecule has 2 rings (SSSR count). The van der Waals surface area contributed by atoms with Crippen LogP contribution in [0.5, 0.6) is 0 Å². The molecule has 0 N–H and O–H groups in total. The number of aryl methyl sites for hydroxylation is 2. The van der Waals surface area contributed by atoms with Crippen LogP contribution in [0.25, 0.3) is 10.8 Å². The number of hydrogen-bond donors (Lipinski definition) is 0. The van der Waals surface area contributed by atoms with E-state index >= 15 is 0 Å². The highest BCUT2D eigenvalue weighted by Gasteiger charge is 2.07. The molecule has 2 heteroatoms. The van der Waals surface area contributed by atoms with Crippen LogP contribution in [-0.2, 0) is 6.42 Å². The van der Waals surface area contributed by atoms with Gasteiger partial charge in [0.15, 0.2) is 0 Å². The molecule has 0 saturated heterocycles. The van der Waals surface area contributed by atoms with Gasteiger partial charge in [-0.05, 0) is 24.5 Å². The summed E-state index contributed by atoms with van der Waals surface area (Å²) in [5, 5.41) is 1.61. The summed E-state index contributed by atoms with van der Waals surface area (Å²) in [6.07, 6.45) is 4.26. The maximum atomic E-state index is 13.8. The smallest absolute Gasteiger partial charge is 0.134 e. The van der Waals surface area contributed by atoms with Crippen molar-refractivity contribution in [3.05, 3.63) is 41.5 Å². The first-order valence-electron chi connectivity index (χ1n) is 4.75. The largest absolute Gasteiger partial charge is 0.264 e. The lowest BCUT2D eigenvalue weighted by Gasteiger charge is -2.06. The van der Waals surface area contributed by atoms with Gasteiger partial charge in [0, 0.05) is 23.2 Å². The molecule has 1 heterocycles. The van der Waals surface area contributed by atoms with Gasteiger partial charge in [-0.2, -0.15) is 0 Å². The van der Waals surface area contributed by atoms with Crippen molar-refractivity contribution in [2.45, 2.75) is 20.3 Å². The van der Waals surface area contributed by atoms with Crippen molar-refractivity contribution >= 4 is 10.8 Å². The summed E-state index contributed by atoms with van der Waals surface area (Å²) < 4.78 is 13.8. The Balaban J connectivity index is 2.89. The Hall–Kier alpha value is -1.44. The summed E-state index contributed by atoms with van der Waals surface area (Å²) in [6, 6.07) is 3.71. The van der Waals surface area contributed by atoms with Crippen molar-refractivity contribution in [2.24, 2.45) is 0 Å². The number of halogens is 1. The zero-order valence-corrected chi connectivity index (χ0v) is 8.34. The van der Waals surface area contributed by atoms with E-state index in [2.05, 4.69) is 4.98 Å². The van der Waals surface area contributed by atoms with Crippen LogP contribution in [0.1, 0.15) is 18.1 Å². The molecular formula is C12H12FN. The average Bonchev–Trinajstić information content (AvgIpc) is 2.23. The second-order valence-corrected chi connectivity index (χ2v) is 3.45. The predicted molar refractivity (Wildman–Crippen MR) is 55.8 cm³/mol. The van der Waals surface area contributed by atoms with Crippen molar-refractivity contribution in [3.63, 3.8) is 0 Å². The first-order chi connectivity index (χ1) is 6.74. The summed E-state index contributed by atoms with van der Waals surface area (Å²) in [6.45, 7) is 3.80. The van der Waals surface area contributed by atoms with E-state index in [0.717, 1.165) is 22.8 Å². The van der Waals surface area contributed by atoms with Gasteiger partial charge in [-0.15, -0.1) is 0 Å². The molecule has 0 spiro atoms. The minimum absolute atomic E-state index is 0.109. The van der Waals surface area contributed by atoms with Gasteiger partial charge in [-0.25, -0.2) is 4.39 Å². The fourth-order valence-corrected chi connectivity index (χ4v) is 1.67. The molecule has 0 amide bonds. The number of hydrogen-bond acceptors (Lipinski definition) is 1. The first-order valence-corrected chi connectivity index (χ1v) is 4.75. The predicted octanol–water partition coefficient (Wildman–Crippen LogP) is 3.24. The van der Waals surface area contributed by atoms with Gasteiger partial charge in [0.1, 0.15) is 5.82 Å². The molecule has 72 valence electrons. The third kappa shape index (κ3) is 1.27. The molecule has 0 aliphatic rings. The van der Waals surface area contributed by atoms with E-state index in [0.29, 0.717) is 5.56 Å². The number of rotatable bonds is 1. The number of aromatic nitrogens is 1. The zero-order valence-electron chi connectivity index (χ0n) is 8.34. The normalized spacial score (nSPS) is 10.8. The van der Waals surface area contributed by atoms with E-state index in [-0.39, 0.29) is 5.82 Å². The second-order valence-electron chi connectivity index (χ2n) is 3.45. The van der Waals surface area contributed by atoms with E-state index in [4.69, 9.17) is 0 Å². The van der Waals surface area contributed by atoms with E-state index in [1.165, 1.54) is 0 Å². The van der Waals surface area contributed by atoms with Gasteiger partial charge in [-0.3, -0.25) is 4.98 Å². The maximum Gasteiger partial charge on any atom is 0.134 e. The highest BCUT2D eigenvalue weighted by Crippen LogP contribution is 2.23. The Morgan fingerprint density at radius 3 is 2.79 bits per heavy atom. The molecular weight excluding hydrogens is 177 g/mol. The molecule has 1 aromatic heterocycles. The molecule has 0 atom stereocenters. The van der Waals surface area contributed by atoms with Crippen LogP contribution < -0.4 is 0 Å². The minimum atomic E-state index is -0.109. The van der Waals surface area contributed by atoms with E-state index < -0.39 is 0 Å². The van der Waals surface area contributed by atoms with Crippen LogP contribution in [0.3, 0.4) is 0 Å². The molecule has 1 nitrogen and oxygen atoms in total. The van der Waals surface area contributed by atoms with E-state index in [1.807, 2.05) is 13.0 Å². The maximum absolute atomic E-state index is 13.8. The molecule has 0 unspecified atom stereocenters. The first kappa shape index (κ1) is 9.13. The topological polar surface area (TPSA) is 12.9 Å². The fraction of sp³-hybridized carbons (Fsp3) is 0.250. The molecule has 0 aliphatic heterocycles. The molecule has 0 aliphatic carbocycles. The third-order valence-electron chi connectivity index (χ3n) is 2.51. The standard InChI is InChI=1S/C12H12FN/c1-3-9-6-14-7-10-5-4-8(2)12(13)11(9)10/h4-7H,3H2,1-2H3. The van der Waals surface area contributed by atoms with Crippen molar-refractivity contribution in [1.82, 2.24) is 4.98 Å². The van der Waals surface area contributed by atoms with Gasteiger partial charge >= 0.3 is 0 Å². The SMILES string of the molecule is CCc1cncc2ccc(C)c(F)c12. The highest BCUT2D eigenvalue weighted by molar-refractivity contribution is 5.86. The molecule has 0 saturated carbocycles. The number of pyridine rings is 1. The lowest BCUT2D eigenvalue weighted by molar-refractivity contribution is 0.629. The van der Waals surface area contributed by atoms with E-state index in [9.17, 15) is 4.39 Å². The molecule has 1 aromatic carbocycles. The monoisotopic (exact) mass is 189 g/mol. The molecule has 0 bridgehead atoms. The summed E-state index contributed by atoms with van der Waals surface area (Å²) in [7, 11) is 0. The average molecular weight is 189 g/mol. The summed E-state index contributed by atoms with van der Waals surface area (Å²) in [5.41, 5.74) is 1.67. The Morgan fingerprint density at radius 2 is 2.07 bits per heavy atom. The molecule has 2 aromatic rings. The molecule has 0 fully saturated rings. The Bertz CT molecular complexity index is 477. The Labute approximate surface area is 82.6 Å². The minimum Gasteiger partial charge on any atom is -0.264 e. The lowest BCUT2D eigenvalue weighted by atomic mass is 10.0. The van der Waals surface area contributed by atoms with Crippen LogP contribution in [0.4, 0.5) is 4.39 Å². The van der Waals surface area contributed by atoms with Gasteiger partial charge in [-0.1, -0.05) is 19.1 Å². The van der Waals surface area contributed by atoms with Crippen LogP contribution in [0, 0.1) is 12.7 Å². The fourth-order valence-electron chi connectivity index (χ4n) is 1.67. The number of fused-ring (bicyclic) bond motifs is 1. The molecule has 14 heavy (non-hydrogen) atoms. The zero-order chi connectivity index (χ0) is 10.1. The summed E-state index contributed by atoms with van der Waals surface area (Å²) in [5.74, 6) is -0.109. The van der Waals surface area contributed by atoms with Gasteiger partial charge < -0.3 is 0 Å². The van der Waals surface area contributed by atoms with Crippen LogP contribution >= 0.6 is 0 Å². The van der Waals surface area contributed by atoms with Crippen molar-refractivity contribution < 1.29 is 4.39 Å². The van der Waals surface area contributed by atoms with Crippen LogP contribution in [0.15, 0.2) is 24.5 Å². The quantitative estimate of drug-likeness (QED) is 0.671. The Morgan fingerprint density at radius 1 is 1.29 bits per heavy atom. The van der Waals surface area contributed by atoms with Crippen molar-refractivity contribution in [3.8, 4) is 0 Å². The van der Waals surface area contributed by atoms with Crippen molar-refractivity contribution in [2.75, 3.05) is 0 Å². The Kier molecular flexibility index (Phi) is 2.20. The van der Waals surface area contributed by atoms with Crippen LogP contribution in [0.2, 0.25) is 0 Å². The lowest BCUT2D eigenvalue weighted by Crippen LogP contribution is -1.92. The third-order valence-corrected chi connectivity index (χ3v) is 2.51. The van der Waals surface area contributed by atoms with Gasteiger partial charge in [0.25, 0.3) is 0 Å². The number of nitrogens with zero attached hydrogens (tertiary/aromatic N) is 1.